The van der Waals surface area contributed by atoms with E-state index in [4.69, 9.17) is 0 Å². The molecule has 0 radical (unpaired) electrons. The van der Waals surface area contributed by atoms with Crippen molar-refractivity contribution in [2.45, 2.75) is 58.4 Å². The molecule has 1 N–H and O–H groups in total. The third kappa shape index (κ3) is 2.95. The van der Waals surface area contributed by atoms with Crippen LogP contribution < -0.4 is 5.32 Å². The molecular weight excluding hydrogens is 218 g/mol. The second-order valence-electron chi connectivity index (χ2n) is 6.16. The van der Waals surface area contributed by atoms with Gasteiger partial charge >= 0.3 is 0 Å². The number of aryl methyl sites for hydroxylation is 1. The summed E-state index contributed by atoms with van der Waals surface area (Å²) in [6.07, 6.45) is 6.29. The van der Waals surface area contributed by atoms with Crippen LogP contribution in [0.4, 0.5) is 0 Å². The number of nitrogens with one attached hydrogen (secondary N) is 1. The van der Waals surface area contributed by atoms with Crippen molar-refractivity contribution < 1.29 is 0 Å². The Morgan fingerprint density at radius 1 is 1.33 bits per heavy atom. The molecule has 0 spiro atoms. The summed E-state index contributed by atoms with van der Waals surface area (Å²) >= 11 is 0. The molecule has 1 aliphatic heterocycles. The highest BCUT2D eigenvalue weighted by Gasteiger charge is 2.35. The average molecular weight is 245 g/mol. The first-order chi connectivity index (χ1) is 8.66. The lowest BCUT2D eigenvalue weighted by Crippen LogP contribution is -2.38. The molecule has 18 heavy (non-hydrogen) atoms. The molecule has 1 aliphatic rings. The zero-order chi connectivity index (χ0) is 13.0. The molecule has 0 amide bonds. The average Bonchev–Trinajstić information content (AvgIpc) is 2.79. The van der Waals surface area contributed by atoms with Gasteiger partial charge in [-0.05, 0) is 49.3 Å². The highest BCUT2D eigenvalue weighted by molar-refractivity contribution is 5.31. The maximum Gasteiger partial charge on any atom is 0.0437 e. The largest absolute Gasteiger partial charge is 0.307 e. The normalized spacial score (nSPS) is 23.8. The van der Waals surface area contributed by atoms with Crippen molar-refractivity contribution in [1.82, 2.24) is 5.32 Å². The lowest BCUT2D eigenvalue weighted by Gasteiger charge is -2.32. The van der Waals surface area contributed by atoms with Gasteiger partial charge in [-0.1, -0.05) is 51.5 Å². The Bertz CT molecular complexity index is 375. The van der Waals surface area contributed by atoms with Gasteiger partial charge in [0.1, 0.15) is 0 Å². The Kier molecular flexibility index (Phi) is 4.45. The molecule has 1 nitrogen and oxygen atoms in total. The lowest BCUT2D eigenvalue weighted by atomic mass is 9.80. The Morgan fingerprint density at radius 2 is 2.17 bits per heavy atom. The Labute approximate surface area is 112 Å². The third-order valence-corrected chi connectivity index (χ3v) is 4.02. The van der Waals surface area contributed by atoms with Gasteiger partial charge in [0.15, 0.2) is 0 Å². The van der Waals surface area contributed by atoms with E-state index in [9.17, 15) is 0 Å². The molecule has 1 saturated heterocycles. The van der Waals surface area contributed by atoms with E-state index >= 15 is 0 Å². The molecule has 1 atom stereocenters. The van der Waals surface area contributed by atoms with E-state index in [0.29, 0.717) is 0 Å². The van der Waals surface area contributed by atoms with Crippen LogP contribution in [-0.2, 0) is 12.0 Å². The minimum absolute atomic E-state index is 0.248. The number of rotatable bonds is 5. The summed E-state index contributed by atoms with van der Waals surface area (Å²) in [7, 11) is 0. The first kappa shape index (κ1) is 13.6. The maximum absolute atomic E-state index is 3.79. The van der Waals surface area contributed by atoms with E-state index < -0.39 is 0 Å². The van der Waals surface area contributed by atoms with Gasteiger partial charge in [-0.15, -0.1) is 0 Å². The van der Waals surface area contributed by atoms with E-state index in [1.807, 2.05) is 0 Å². The maximum atomic E-state index is 3.79. The van der Waals surface area contributed by atoms with Crippen LogP contribution in [0, 0.1) is 5.92 Å². The Morgan fingerprint density at radius 3 is 2.78 bits per heavy atom. The second kappa shape index (κ2) is 5.88. The van der Waals surface area contributed by atoms with Crippen LogP contribution in [-0.4, -0.2) is 6.54 Å². The van der Waals surface area contributed by atoms with E-state index in [-0.39, 0.29) is 5.54 Å². The van der Waals surface area contributed by atoms with Crippen LogP contribution >= 0.6 is 0 Å². The van der Waals surface area contributed by atoms with Gasteiger partial charge in [0.2, 0.25) is 0 Å². The van der Waals surface area contributed by atoms with E-state index in [1.165, 1.54) is 49.8 Å². The molecule has 2 rings (SSSR count). The van der Waals surface area contributed by atoms with Gasteiger partial charge in [0.05, 0.1) is 0 Å². The van der Waals surface area contributed by atoms with Crippen molar-refractivity contribution in [3.05, 3.63) is 35.4 Å². The summed E-state index contributed by atoms with van der Waals surface area (Å²) in [6, 6.07) is 9.26. The van der Waals surface area contributed by atoms with Crippen molar-refractivity contribution in [3.8, 4) is 0 Å². The fourth-order valence-corrected chi connectivity index (χ4v) is 3.35. The zero-order valence-corrected chi connectivity index (χ0v) is 12.1. The van der Waals surface area contributed by atoms with Crippen molar-refractivity contribution >= 4 is 0 Å². The van der Waals surface area contributed by atoms with E-state index in [0.717, 1.165) is 5.92 Å². The summed E-state index contributed by atoms with van der Waals surface area (Å²) in [6.45, 7) is 8.09. The quantitative estimate of drug-likeness (QED) is 0.817. The smallest absolute Gasteiger partial charge is 0.0437 e. The molecule has 1 unspecified atom stereocenters. The van der Waals surface area contributed by atoms with Gasteiger partial charge in [0, 0.05) is 5.54 Å². The van der Waals surface area contributed by atoms with Crippen molar-refractivity contribution in [2.24, 2.45) is 5.92 Å². The minimum Gasteiger partial charge on any atom is -0.307 e. The highest BCUT2D eigenvalue weighted by atomic mass is 15.0. The lowest BCUT2D eigenvalue weighted by molar-refractivity contribution is 0.310. The van der Waals surface area contributed by atoms with Crippen LogP contribution in [0.3, 0.4) is 0 Å². The summed E-state index contributed by atoms with van der Waals surface area (Å²) in [5, 5.41) is 3.79. The van der Waals surface area contributed by atoms with Crippen molar-refractivity contribution in [3.63, 3.8) is 0 Å². The minimum atomic E-state index is 0.248. The first-order valence-corrected chi connectivity index (χ1v) is 7.51. The monoisotopic (exact) mass is 245 g/mol. The molecule has 0 saturated carbocycles. The summed E-state index contributed by atoms with van der Waals surface area (Å²) in [4.78, 5) is 0. The standard InChI is InChI=1S/C17H27N/c1-4-7-15-8-5-9-16(12-15)17(13-14(2)3)10-6-11-18-17/h5,8-9,12,14,18H,4,6-7,10-11,13H2,1-3H3. The fourth-order valence-electron chi connectivity index (χ4n) is 3.35. The summed E-state index contributed by atoms with van der Waals surface area (Å²) < 4.78 is 0. The fraction of sp³-hybridized carbons (Fsp3) is 0.647. The van der Waals surface area contributed by atoms with Crippen LogP contribution in [0.1, 0.15) is 57.6 Å². The molecule has 1 aromatic carbocycles. The molecular formula is C17H27N. The van der Waals surface area contributed by atoms with Crippen LogP contribution in [0.15, 0.2) is 24.3 Å². The summed E-state index contributed by atoms with van der Waals surface area (Å²) in [5.41, 5.74) is 3.25. The second-order valence-corrected chi connectivity index (χ2v) is 6.16. The first-order valence-electron chi connectivity index (χ1n) is 7.51. The topological polar surface area (TPSA) is 12.0 Å². The number of benzene rings is 1. The predicted molar refractivity (Wildman–Crippen MR) is 78.8 cm³/mol. The number of hydrogen-bond donors (Lipinski definition) is 1. The van der Waals surface area contributed by atoms with Gasteiger partial charge < -0.3 is 5.32 Å². The van der Waals surface area contributed by atoms with E-state index in [2.05, 4.69) is 50.4 Å². The van der Waals surface area contributed by atoms with Gasteiger partial charge in [-0.2, -0.15) is 0 Å². The molecule has 1 heterocycles. The molecule has 1 heteroatoms. The van der Waals surface area contributed by atoms with Crippen molar-refractivity contribution in [1.29, 1.82) is 0 Å². The Balaban J connectivity index is 2.27. The molecule has 0 bridgehead atoms. The highest BCUT2D eigenvalue weighted by Crippen LogP contribution is 2.37. The predicted octanol–water partition coefficient (Wildman–Crippen LogP) is 4.26. The van der Waals surface area contributed by atoms with E-state index in [1.54, 1.807) is 0 Å². The molecule has 100 valence electrons. The van der Waals surface area contributed by atoms with Gasteiger partial charge in [0.25, 0.3) is 0 Å². The molecule has 1 aromatic rings. The zero-order valence-electron chi connectivity index (χ0n) is 12.1. The molecule has 1 fully saturated rings. The van der Waals surface area contributed by atoms with Gasteiger partial charge in [-0.3, -0.25) is 0 Å². The summed E-state index contributed by atoms with van der Waals surface area (Å²) in [5.74, 6) is 0.741. The third-order valence-electron chi connectivity index (χ3n) is 4.02. The SMILES string of the molecule is CCCc1cccc(C2(CC(C)C)CCCN2)c1. The van der Waals surface area contributed by atoms with Crippen molar-refractivity contribution in [2.75, 3.05) is 6.54 Å². The van der Waals surface area contributed by atoms with Gasteiger partial charge in [-0.25, -0.2) is 0 Å². The van der Waals surface area contributed by atoms with Crippen LogP contribution in [0.25, 0.3) is 0 Å². The van der Waals surface area contributed by atoms with Crippen LogP contribution in [0.5, 0.6) is 0 Å². The number of hydrogen-bond acceptors (Lipinski definition) is 1. The van der Waals surface area contributed by atoms with Crippen LogP contribution in [0.2, 0.25) is 0 Å². The molecule has 0 aliphatic carbocycles. The molecule has 0 aromatic heterocycles. The Hall–Kier alpha value is -0.820.